The van der Waals surface area contributed by atoms with Crippen LogP contribution >= 0.6 is 0 Å². The monoisotopic (exact) mass is 231 g/mol. The van der Waals surface area contributed by atoms with E-state index in [4.69, 9.17) is 15.2 Å². The quantitative estimate of drug-likeness (QED) is 0.754. The van der Waals surface area contributed by atoms with Crippen molar-refractivity contribution in [2.75, 3.05) is 18.9 Å². The second-order valence-corrected chi connectivity index (χ2v) is 3.93. The van der Waals surface area contributed by atoms with Crippen LogP contribution in [0.15, 0.2) is 24.4 Å². The smallest absolute Gasteiger partial charge is 0.170 e. The summed E-state index contributed by atoms with van der Waals surface area (Å²) in [7, 11) is 1.88. The van der Waals surface area contributed by atoms with Gasteiger partial charge in [-0.1, -0.05) is 0 Å². The average Bonchev–Trinajstić information content (AvgIpc) is 2.74. The fraction of sp³-hybridized carbons (Fsp3) is 0.250. The van der Waals surface area contributed by atoms with Crippen molar-refractivity contribution in [1.82, 2.24) is 9.78 Å². The summed E-state index contributed by atoms with van der Waals surface area (Å²) in [6.45, 7) is 1.11. The molecule has 0 bridgehead atoms. The lowest BCUT2D eigenvalue weighted by Gasteiger charge is -2.21. The summed E-state index contributed by atoms with van der Waals surface area (Å²) in [5, 5.41) is 4.15. The minimum atomic E-state index is 0.557. The Balaban J connectivity index is 2.22. The van der Waals surface area contributed by atoms with Crippen LogP contribution in [0.3, 0.4) is 0 Å². The maximum atomic E-state index is 5.87. The van der Waals surface area contributed by atoms with E-state index in [1.807, 2.05) is 19.2 Å². The fourth-order valence-electron chi connectivity index (χ4n) is 2.00. The third-order valence-electron chi connectivity index (χ3n) is 2.76. The van der Waals surface area contributed by atoms with Crippen molar-refractivity contribution in [2.24, 2.45) is 7.05 Å². The number of hydrogen-bond donors (Lipinski definition) is 1. The summed E-state index contributed by atoms with van der Waals surface area (Å²) in [5.74, 6) is 1.45. The third-order valence-corrected chi connectivity index (χ3v) is 2.76. The molecule has 17 heavy (non-hydrogen) atoms. The van der Waals surface area contributed by atoms with Gasteiger partial charge in [-0.05, 0) is 12.1 Å². The number of nitrogen functional groups attached to an aromatic ring is 1. The van der Waals surface area contributed by atoms with Gasteiger partial charge in [0.05, 0.1) is 5.69 Å². The first-order valence-electron chi connectivity index (χ1n) is 5.43. The standard InChI is InChI=1S/C12H13N3O2/c1-15-10(2-3-14-15)9-6-8(13)7-11-12(9)17-5-4-16-11/h2-3,6-7H,4-5,13H2,1H3. The Hall–Kier alpha value is -2.17. The summed E-state index contributed by atoms with van der Waals surface area (Å²) in [5.41, 5.74) is 8.41. The lowest BCUT2D eigenvalue weighted by molar-refractivity contribution is 0.172. The van der Waals surface area contributed by atoms with E-state index in [2.05, 4.69) is 5.10 Å². The predicted molar refractivity (Wildman–Crippen MR) is 64.0 cm³/mol. The molecule has 0 amide bonds. The van der Waals surface area contributed by atoms with Crippen LogP contribution in [-0.2, 0) is 7.05 Å². The molecule has 1 aliphatic rings. The van der Waals surface area contributed by atoms with E-state index in [0.29, 0.717) is 24.7 Å². The zero-order valence-corrected chi connectivity index (χ0v) is 9.51. The normalized spacial score (nSPS) is 13.7. The molecule has 3 rings (SSSR count). The first-order chi connectivity index (χ1) is 8.25. The van der Waals surface area contributed by atoms with Gasteiger partial charge in [-0.15, -0.1) is 0 Å². The van der Waals surface area contributed by atoms with Gasteiger partial charge in [-0.2, -0.15) is 5.10 Å². The number of rotatable bonds is 1. The Morgan fingerprint density at radius 2 is 2.12 bits per heavy atom. The summed E-state index contributed by atoms with van der Waals surface area (Å²) in [6.07, 6.45) is 1.74. The van der Waals surface area contributed by atoms with E-state index in [9.17, 15) is 0 Å². The third kappa shape index (κ3) is 1.60. The van der Waals surface area contributed by atoms with E-state index in [1.54, 1.807) is 16.9 Å². The highest BCUT2D eigenvalue weighted by Gasteiger charge is 2.19. The van der Waals surface area contributed by atoms with Gasteiger partial charge in [0.25, 0.3) is 0 Å². The second-order valence-electron chi connectivity index (χ2n) is 3.93. The predicted octanol–water partition coefficient (Wildman–Crippen LogP) is 1.44. The van der Waals surface area contributed by atoms with E-state index in [1.165, 1.54) is 0 Å². The van der Waals surface area contributed by atoms with Crippen LogP contribution in [0.5, 0.6) is 11.5 Å². The van der Waals surface area contributed by atoms with Crippen molar-refractivity contribution >= 4 is 5.69 Å². The highest BCUT2D eigenvalue weighted by Crippen LogP contribution is 2.41. The van der Waals surface area contributed by atoms with Crippen LogP contribution in [0.4, 0.5) is 5.69 Å². The SMILES string of the molecule is Cn1nccc1-c1cc(N)cc2c1OCCO2. The molecule has 1 aliphatic heterocycles. The lowest BCUT2D eigenvalue weighted by atomic mass is 10.1. The first-order valence-corrected chi connectivity index (χ1v) is 5.43. The van der Waals surface area contributed by atoms with E-state index >= 15 is 0 Å². The summed E-state index contributed by atoms with van der Waals surface area (Å²) in [6, 6.07) is 5.59. The van der Waals surface area contributed by atoms with Gasteiger partial charge in [-0.3, -0.25) is 4.68 Å². The second kappa shape index (κ2) is 3.69. The van der Waals surface area contributed by atoms with Crippen molar-refractivity contribution in [3.63, 3.8) is 0 Å². The molecule has 0 aliphatic carbocycles. The van der Waals surface area contributed by atoms with Gasteiger partial charge in [-0.25, -0.2) is 0 Å². The number of ether oxygens (including phenoxy) is 2. The van der Waals surface area contributed by atoms with Crippen molar-refractivity contribution in [3.05, 3.63) is 24.4 Å². The number of anilines is 1. The molecule has 5 nitrogen and oxygen atoms in total. The molecular weight excluding hydrogens is 218 g/mol. The molecule has 0 radical (unpaired) electrons. The molecule has 2 aromatic rings. The highest BCUT2D eigenvalue weighted by molar-refractivity contribution is 5.76. The fourth-order valence-corrected chi connectivity index (χ4v) is 2.00. The molecule has 5 heteroatoms. The van der Waals surface area contributed by atoms with E-state index < -0.39 is 0 Å². The molecule has 2 heterocycles. The van der Waals surface area contributed by atoms with Crippen LogP contribution in [0.2, 0.25) is 0 Å². The molecule has 1 aromatic carbocycles. The number of hydrogen-bond acceptors (Lipinski definition) is 4. The average molecular weight is 231 g/mol. The van der Waals surface area contributed by atoms with E-state index in [0.717, 1.165) is 17.0 Å². The molecule has 0 fully saturated rings. The molecule has 0 atom stereocenters. The number of nitrogens with two attached hydrogens (primary N) is 1. The lowest BCUT2D eigenvalue weighted by Crippen LogP contribution is -2.16. The highest BCUT2D eigenvalue weighted by atomic mass is 16.6. The van der Waals surface area contributed by atoms with Crippen LogP contribution in [0.1, 0.15) is 0 Å². The minimum absolute atomic E-state index is 0.557. The number of fused-ring (bicyclic) bond motifs is 1. The Morgan fingerprint density at radius 3 is 2.88 bits per heavy atom. The zero-order valence-electron chi connectivity index (χ0n) is 9.51. The van der Waals surface area contributed by atoms with Gasteiger partial charge < -0.3 is 15.2 Å². The molecule has 88 valence electrons. The van der Waals surface area contributed by atoms with Gasteiger partial charge in [0.2, 0.25) is 0 Å². The van der Waals surface area contributed by atoms with Crippen molar-refractivity contribution in [1.29, 1.82) is 0 Å². The molecule has 0 spiro atoms. The van der Waals surface area contributed by atoms with Crippen molar-refractivity contribution < 1.29 is 9.47 Å². The molecular formula is C12H13N3O2. The maximum Gasteiger partial charge on any atom is 0.170 e. The molecule has 0 saturated carbocycles. The summed E-state index contributed by atoms with van der Waals surface area (Å²) in [4.78, 5) is 0. The Kier molecular flexibility index (Phi) is 2.18. The first kappa shape index (κ1) is 10.0. The van der Waals surface area contributed by atoms with Gasteiger partial charge >= 0.3 is 0 Å². The number of aryl methyl sites for hydroxylation is 1. The minimum Gasteiger partial charge on any atom is -0.486 e. The topological polar surface area (TPSA) is 62.3 Å². The van der Waals surface area contributed by atoms with Crippen LogP contribution in [0.25, 0.3) is 11.3 Å². The Morgan fingerprint density at radius 1 is 1.29 bits per heavy atom. The molecule has 1 aromatic heterocycles. The van der Waals surface area contributed by atoms with Crippen molar-refractivity contribution in [3.8, 4) is 22.8 Å². The van der Waals surface area contributed by atoms with Gasteiger partial charge in [0, 0.05) is 30.6 Å². The summed E-state index contributed by atoms with van der Waals surface area (Å²) >= 11 is 0. The maximum absolute atomic E-state index is 5.87. The van der Waals surface area contributed by atoms with E-state index in [-0.39, 0.29) is 0 Å². The van der Waals surface area contributed by atoms with Crippen molar-refractivity contribution in [2.45, 2.75) is 0 Å². The van der Waals surface area contributed by atoms with Crippen LogP contribution in [-0.4, -0.2) is 23.0 Å². The summed E-state index contributed by atoms with van der Waals surface area (Å²) < 4.78 is 13.0. The number of nitrogens with zero attached hydrogens (tertiary/aromatic N) is 2. The number of benzene rings is 1. The van der Waals surface area contributed by atoms with Gasteiger partial charge in [0.15, 0.2) is 11.5 Å². The number of aromatic nitrogens is 2. The molecule has 2 N–H and O–H groups in total. The van der Waals surface area contributed by atoms with Crippen LogP contribution in [0, 0.1) is 0 Å². The van der Waals surface area contributed by atoms with Gasteiger partial charge in [0.1, 0.15) is 13.2 Å². The molecule has 0 unspecified atom stereocenters. The zero-order chi connectivity index (χ0) is 11.8. The molecule has 0 saturated heterocycles. The Labute approximate surface area is 98.8 Å². The Bertz CT molecular complexity index is 563. The largest absolute Gasteiger partial charge is 0.486 e. The van der Waals surface area contributed by atoms with Crippen LogP contribution < -0.4 is 15.2 Å².